The summed E-state index contributed by atoms with van der Waals surface area (Å²) in [6.07, 6.45) is 1.73. The molecule has 0 fully saturated rings. The fourth-order valence-corrected chi connectivity index (χ4v) is 1.45. The van der Waals surface area contributed by atoms with Crippen LogP contribution in [0.4, 0.5) is 0 Å². The van der Waals surface area contributed by atoms with Gasteiger partial charge in [-0.15, -0.1) is 0 Å². The number of benzene rings is 1. The number of fused-ring (bicyclic) bond motifs is 1. The molecule has 0 aliphatic carbocycles. The van der Waals surface area contributed by atoms with Crippen molar-refractivity contribution in [3.05, 3.63) is 30.1 Å². The molecule has 0 bridgehead atoms. The zero-order valence-electron chi connectivity index (χ0n) is 9.91. The predicted octanol–water partition coefficient (Wildman–Crippen LogP) is 2.65. The van der Waals surface area contributed by atoms with Crippen LogP contribution in [0.2, 0.25) is 0 Å². The number of aromatic amines is 1. The molecule has 0 unspecified atom stereocenters. The summed E-state index contributed by atoms with van der Waals surface area (Å²) in [5.74, 6) is 0. The number of H-pyrrole nitrogens is 1. The van der Waals surface area contributed by atoms with Gasteiger partial charge in [0.15, 0.2) is 0 Å². The number of aromatic nitrogens is 2. The van der Waals surface area contributed by atoms with Crippen molar-refractivity contribution < 1.29 is 0 Å². The highest BCUT2D eigenvalue weighted by Gasteiger charge is 1.98. The Morgan fingerprint density at radius 1 is 1.27 bits per heavy atom. The molecular formula is C12H19N3. The molecule has 0 aliphatic rings. The lowest BCUT2D eigenvalue weighted by Gasteiger charge is -2.08. The van der Waals surface area contributed by atoms with E-state index >= 15 is 0 Å². The zero-order valence-corrected chi connectivity index (χ0v) is 9.91. The summed E-state index contributed by atoms with van der Waals surface area (Å²) in [5, 5.41) is 0. The third-order valence-corrected chi connectivity index (χ3v) is 1.98. The molecule has 1 aromatic carbocycles. The van der Waals surface area contributed by atoms with E-state index in [-0.39, 0.29) is 0 Å². The Kier molecular flexibility index (Phi) is 4.31. The third kappa shape index (κ3) is 3.06. The summed E-state index contributed by atoms with van der Waals surface area (Å²) in [4.78, 5) is 9.42. The fourth-order valence-electron chi connectivity index (χ4n) is 1.45. The minimum atomic E-state index is 0.967. The highest BCUT2D eigenvalue weighted by molar-refractivity contribution is 5.74. The maximum atomic E-state index is 4.17. The maximum Gasteiger partial charge on any atom is 0.0931 e. The molecule has 1 aromatic heterocycles. The van der Waals surface area contributed by atoms with Crippen molar-refractivity contribution in [2.75, 3.05) is 14.1 Å². The highest BCUT2D eigenvalue weighted by atomic mass is 15.0. The van der Waals surface area contributed by atoms with Crippen LogP contribution in [0.1, 0.15) is 19.4 Å². The van der Waals surface area contributed by atoms with Crippen LogP contribution in [0.15, 0.2) is 24.5 Å². The van der Waals surface area contributed by atoms with Crippen LogP contribution in [0, 0.1) is 0 Å². The van der Waals surface area contributed by atoms with Crippen molar-refractivity contribution >= 4 is 11.0 Å². The molecule has 2 rings (SSSR count). The van der Waals surface area contributed by atoms with Crippen molar-refractivity contribution in [3.63, 3.8) is 0 Å². The van der Waals surface area contributed by atoms with Crippen molar-refractivity contribution in [3.8, 4) is 0 Å². The number of nitrogens with zero attached hydrogens (tertiary/aromatic N) is 2. The molecule has 0 saturated heterocycles. The normalized spacial score (nSPS) is 10.2. The summed E-state index contributed by atoms with van der Waals surface area (Å²) >= 11 is 0. The average molecular weight is 205 g/mol. The van der Waals surface area contributed by atoms with Crippen LogP contribution >= 0.6 is 0 Å². The first-order valence-electron chi connectivity index (χ1n) is 5.32. The van der Waals surface area contributed by atoms with E-state index in [1.165, 1.54) is 5.56 Å². The molecule has 0 radical (unpaired) electrons. The second kappa shape index (κ2) is 5.51. The number of hydrogen-bond donors (Lipinski definition) is 1. The van der Waals surface area contributed by atoms with E-state index in [9.17, 15) is 0 Å². The van der Waals surface area contributed by atoms with Crippen LogP contribution in [-0.4, -0.2) is 29.0 Å². The highest BCUT2D eigenvalue weighted by Crippen LogP contribution is 2.12. The summed E-state index contributed by atoms with van der Waals surface area (Å²) < 4.78 is 0. The molecule has 2 aromatic rings. The van der Waals surface area contributed by atoms with Gasteiger partial charge in [-0.05, 0) is 31.8 Å². The summed E-state index contributed by atoms with van der Waals surface area (Å²) in [6.45, 7) is 4.97. The van der Waals surface area contributed by atoms with Gasteiger partial charge < -0.3 is 9.88 Å². The van der Waals surface area contributed by atoms with Gasteiger partial charge in [0.2, 0.25) is 0 Å². The molecule has 3 heteroatoms. The fraction of sp³-hybridized carbons (Fsp3) is 0.417. The molecular weight excluding hydrogens is 186 g/mol. The van der Waals surface area contributed by atoms with E-state index in [2.05, 4.69) is 41.1 Å². The van der Waals surface area contributed by atoms with Crippen molar-refractivity contribution in [2.45, 2.75) is 20.4 Å². The second-order valence-corrected chi connectivity index (χ2v) is 3.49. The monoisotopic (exact) mass is 205 g/mol. The van der Waals surface area contributed by atoms with E-state index in [4.69, 9.17) is 0 Å². The Morgan fingerprint density at radius 3 is 2.67 bits per heavy atom. The molecule has 0 amide bonds. The van der Waals surface area contributed by atoms with Gasteiger partial charge in [0, 0.05) is 6.54 Å². The van der Waals surface area contributed by atoms with E-state index < -0.39 is 0 Å². The molecule has 15 heavy (non-hydrogen) atoms. The van der Waals surface area contributed by atoms with Crippen LogP contribution in [-0.2, 0) is 6.54 Å². The van der Waals surface area contributed by atoms with Gasteiger partial charge in [0.05, 0.1) is 17.4 Å². The van der Waals surface area contributed by atoms with E-state index in [0.717, 1.165) is 17.6 Å². The Balaban J connectivity index is 0.000000531. The molecule has 0 spiro atoms. The van der Waals surface area contributed by atoms with Crippen LogP contribution in [0.3, 0.4) is 0 Å². The van der Waals surface area contributed by atoms with E-state index in [0.29, 0.717) is 0 Å². The van der Waals surface area contributed by atoms with Crippen molar-refractivity contribution in [1.29, 1.82) is 0 Å². The Morgan fingerprint density at radius 2 is 2.00 bits per heavy atom. The Bertz CT molecular complexity index is 404. The number of rotatable bonds is 2. The molecule has 0 atom stereocenters. The number of imidazole rings is 1. The van der Waals surface area contributed by atoms with Crippen molar-refractivity contribution in [1.82, 2.24) is 14.9 Å². The van der Waals surface area contributed by atoms with Crippen LogP contribution in [0.25, 0.3) is 11.0 Å². The minimum Gasteiger partial charge on any atom is -0.345 e. The lowest BCUT2D eigenvalue weighted by Crippen LogP contribution is -2.10. The van der Waals surface area contributed by atoms with Crippen LogP contribution in [0.5, 0.6) is 0 Å². The summed E-state index contributed by atoms with van der Waals surface area (Å²) in [7, 11) is 4.13. The molecule has 1 N–H and O–H groups in total. The van der Waals surface area contributed by atoms with E-state index in [1.54, 1.807) is 6.33 Å². The summed E-state index contributed by atoms with van der Waals surface area (Å²) in [5.41, 5.74) is 3.45. The summed E-state index contributed by atoms with van der Waals surface area (Å²) in [6, 6.07) is 6.30. The molecule has 82 valence electrons. The lowest BCUT2D eigenvalue weighted by molar-refractivity contribution is 0.402. The molecule has 1 heterocycles. The standard InChI is InChI=1S/C10H13N3.C2H6/c1-13(2)6-8-3-4-9-10(5-8)12-7-11-9;1-2/h3-5,7H,6H2,1-2H3,(H,11,12);1-2H3. The first-order chi connectivity index (χ1) is 7.25. The predicted molar refractivity (Wildman–Crippen MR) is 64.8 cm³/mol. The lowest BCUT2D eigenvalue weighted by atomic mass is 10.2. The molecule has 0 saturated carbocycles. The number of nitrogens with one attached hydrogen (secondary N) is 1. The quantitative estimate of drug-likeness (QED) is 0.817. The van der Waals surface area contributed by atoms with Gasteiger partial charge in [-0.2, -0.15) is 0 Å². The first-order valence-corrected chi connectivity index (χ1v) is 5.32. The minimum absolute atomic E-state index is 0.967. The topological polar surface area (TPSA) is 31.9 Å². The van der Waals surface area contributed by atoms with Gasteiger partial charge in [-0.1, -0.05) is 19.9 Å². The van der Waals surface area contributed by atoms with Crippen molar-refractivity contribution in [2.24, 2.45) is 0 Å². The second-order valence-electron chi connectivity index (χ2n) is 3.49. The number of hydrogen-bond acceptors (Lipinski definition) is 2. The molecule has 0 aliphatic heterocycles. The van der Waals surface area contributed by atoms with E-state index in [1.807, 2.05) is 19.9 Å². The average Bonchev–Trinajstić information content (AvgIpc) is 2.67. The van der Waals surface area contributed by atoms with Crippen LogP contribution < -0.4 is 0 Å². The smallest absolute Gasteiger partial charge is 0.0931 e. The Hall–Kier alpha value is -1.35. The molecule has 3 nitrogen and oxygen atoms in total. The van der Waals surface area contributed by atoms with Gasteiger partial charge >= 0.3 is 0 Å². The first kappa shape index (κ1) is 11.7. The third-order valence-electron chi connectivity index (χ3n) is 1.98. The Labute approximate surface area is 91.1 Å². The maximum absolute atomic E-state index is 4.17. The van der Waals surface area contributed by atoms with Gasteiger partial charge in [0.25, 0.3) is 0 Å². The van der Waals surface area contributed by atoms with Gasteiger partial charge in [-0.25, -0.2) is 4.98 Å². The SMILES string of the molecule is CC.CN(C)Cc1ccc2nc[nH]c2c1. The zero-order chi connectivity index (χ0) is 11.3. The largest absolute Gasteiger partial charge is 0.345 e. The van der Waals surface area contributed by atoms with Gasteiger partial charge in [0.1, 0.15) is 0 Å². The van der Waals surface area contributed by atoms with Gasteiger partial charge in [-0.3, -0.25) is 0 Å².